The fourth-order valence-corrected chi connectivity index (χ4v) is 2.50. The van der Waals surface area contributed by atoms with Gasteiger partial charge in [-0.05, 0) is 12.3 Å². The molecule has 17 heavy (non-hydrogen) atoms. The highest BCUT2D eigenvalue weighted by molar-refractivity contribution is 6.21. The number of rotatable bonds is 2. The summed E-state index contributed by atoms with van der Waals surface area (Å²) in [6.45, 7) is 3.87. The number of hydrogen-bond acceptors (Lipinski definition) is 4. The first-order valence-electron chi connectivity index (χ1n) is 5.79. The van der Waals surface area contributed by atoms with Crippen molar-refractivity contribution in [3.05, 3.63) is 0 Å². The molecule has 1 spiro atoms. The molecule has 94 valence electrons. The van der Waals surface area contributed by atoms with Gasteiger partial charge in [0.1, 0.15) is 0 Å². The van der Waals surface area contributed by atoms with Crippen molar-refractivity contribution in [2.45, 2.75) is 31.8 Å². The molecule has 2 amide bonds. The third-order valence-electron chi connectivity index (χ3n) is 3.59. The summed E-state index contributed by atoms with van der Waals surface area (Å²) in [5, 5.41) is 5.19. The van der Waals surface area contributed by atoms with Gasteiger partial charge in [0.2, 0.25) is 5.91 Å². The van der Waals surface area contributed by atoms with E-state index < -0.39 is 23.4 Å². The normalized spacial score (nSPS) is 36.8. The van der Waals surface area contributed by atoms with Crippen molar-refractivity contribution in [1.29, 1.82) is 0 Å². The molecule has 0 radical (unpaired) electrons. The Morgan fingerprint density at radius 2 is 2.06 bits per heavy atom. The van der Waals surface area contributed by atoms with Crippen molar-refractivity contribution in [2.75, 3.05) is 6.54 Å². The number of ketones is 1. The Balaban J connectivity index is 2.31. The van der Waals surface area contributed by atoms with E-state index in [1.807, 2.05) is 13.8 Å². The number of amides is 2. The van der Waals surface area contributed by atoms with Gasteiger partial charge in [0.25, 0.3) is 5.91 Å². The molecule has 0 saturated carbocycles. The third-order valence-corrected chi connectivity index (χ3v) is 3.59. The molecule has 0 aromatic carbocycles. The molecule has 0 aliphatic carbocycles. The molecule has 4 N–H and O–H groups in total. The van der Waals surface area contributed by atoms with Crippen molar-refractivity contribution in [2.24, 2.45) is 17.6 Å². The Hall–Kier alpha value is -1.43. The maximum absolute atomic E-state index is 12.2. The maximum atomic E-state index is 12.2. The molecule has 2 rings (SSSR count). The molecule has 0 aromatic rings. The first-order chi connectivity index (χ1) is 7.92. The quantitative estimate of drug-likeness (QED) is 0.513. The molecule has 0 unspecified atom stereocenters. The zero-order valence-electron chi connectivity index (χ0n) is 9.95. The van der Waals surface area contributed by atoms with E-state index in [2.05, 4.69) is 10.6 Å². The maximum Gasteiger partial charge on any atom is 0.254 e. The fourth-order valence-electron chi connectivity index (χ4n) is 2.50. The van der Waals surface area contributed by atoms with Gasteiger partial charge in [0, 0.05) is 6.54 Å². The summed E-state index contributed by atoms with van der Waals surface area (Å²) < 4.78 is 0. The predicted octanol–water partition coefficient (Wildman–Crippen LogP) is -1.46. The molecule has 3 atom stereocenters. The summed E-state index contributed by atoms with van der Waals surface area (Å²) in [7, 11) is 0. The fraction of sp³-hybridized carbons (Fsp3) is 0.727. The third kappa shape index (κ3) is 1.55. The highest BCUT2D eigenvalue weighted by atomic mass is 16.2. The van der Waals surface area contributed by atoms with Crippen molar-refractivity contribution in [3.63, 3.8) is 0 Å². The lowest BCUT2D eigenvalue weighted by Crippen LogP contribution is -2.52. The van der Waals surface area contributed by atoms with Crippen LogP contribution in [0.5, 0.6) is 0 Å². The van der Waals surface area contributed by atoms with Crippen LogP contribution < -0.4 is 16.4 Å². The van der Waals surface area contributed by atoms with Gasteiger partial charge in [-0.3, -0.25) is 14.4 Å². The van der Waals surface area contributed by atoms with Crippen LogP contribution in [0.2, 0.25) is 0 Å². The number of nitrogens with two attached hydrogens (primary N) is 1. The molecule has 2 heterocycles. The standard InChI is InChI=1S/C11H17N3O3/c1-5(2)7-8(15)11(10(17)13-7)3-6(4-12)9(16)14-11/h5-7H,3-4,12H2,1-2H3,(H,13,17)(H,14,16)/t6-,7-,11-/m0/s1. The second-order valence-corrected chi connectivity index (χ2v) is 5.09. The van der Waals surface area contributed by atoms with Gasteiger partial charge in [0.05, 0.1) is 12.0 Å². The minimum Gasteiger partial charge on any atom is -0.343 e. The summed E-state index contributed by atoms with van der Waals surface area (Å²) in [5.41, 5.74) is 4.09. The van der Waals surface area contributed by atoms with E-state index in [1.165, 1.54) is 0 Å². The Kier molecular flexibility index (Phi) is 2.69. The number of nitrogens with one attached hydrogen (secondary N) is 2. The monoisotopic (exact) mass is 239 g/mol. The highest BCUT2D eigenvalue weighted by Gasteiger charge is 2.61. The van der Waals surface area contributed by atoms with Crippen LogP contribution in [-0.2, 0) is 14.4 Å². The number of carbonyl (C=O) groups excluding carboxylic acids is 3. The zero-order chi connectivity index (χ0) is 12.8. The molecule has 2 aliphatic rings. The molecule has 0 bridgehead atoms. The van der Waals surface area contributed by atoms with Crippen LogP contribution in [0.25, 0.3) is 0 Å². The van der Waals surface area contributed by atoms with Gasteiger partial charge in [0.15, 0.2) is 11.3 Å². The van der Waals surface area contributed by atoms with Crippen molar-refractivity contribution in [1.82, 2.24) is 10.6 Å². The van der Waals surface area contributed by atoms with E-state index in [0.717, 1.165) is 0 Å². The molecule has 0 aromatic heterocycles. The average Bonchev–Trinajstić information content (AvgIpc) is 2.72. The largest absolute Gasteiger partial charge is 0.343 e. The molecule has 2 fully saturated rings. The van der Waals surface area contributed by atoms with Crippen molar-refractivity contribution < 1.29 is 14.4 Å². The van der Waals surface area contributed by atoms with Gasteiger partial charge < -0.3 is 16.4 Å². The highest BCUT2D eigenvalue weighted by Crippen LogP contribution is 2.32. The molecule has 2 saturated heterocycles. The Bertz CT molecular complexity index is 393. The summed E-state index contributed by atoms with van der Waals surface area (Å²) in [5.74, 6) is -1.37. The minimum absolute atomic E-state index is 0.0136. The predicted molar refractivity (Wildman–Crippen MR) is 59.8 cm³/mol. The minimum atomic E-state index is -1.37. The number of carbonyl (C=O) groups is 3. The SMILES string of the molecule is CC(C)[C@@H]1NC(=O)[C@]2(C[C@@H](CN)C(=O)N2)C1=O. The van der Waals surface area contributed by atoms with Crippen LogP contribution in [0.3, 0.4) is 0 Å². The van der Waals surface area contributed by atoms with E-state index in [9.17, 15) is 14.4 Å². The summed E-state index contributed by atoms with van der Waals surface area (Å²) in [6, 6.07) is -0.515. The zero-order valence-corrected chi connectivity index (χ0v) is 9.95. The van der Waals surface area contributed by atoms with E-state index in [-0.39, 0.29) is 30.6 Å². The van der Waals surface area contributed by atoms with Gasteiger partial charge in [-0.2, -0.15) is 0 Å². The smallest absolute Gasteiger partial charge is 0.254 e. The van der Waals surface area contributed by atoms with Crippen LogP contribution in [0.1, 0.15) is 20.3 Å². The molecule has 2 aliphatic heterocycles. The Morgan fingerprint density at radius 1 is 1.41 bits per heavy atom. The van der Waals surface area contributed by atoms with E-state index in [0.29, 0.717) is 0 Å². The van der Waals surface area contributed by atoms with Crippen LogP contribution in [0.15, 0.2) is 0 Å². The lowest BCUT2D eigenvalue weighted by Gasteiger charge is -2.18. The van der Waals surface area contributed by atoms with Gasteiger partial charge in [-0.15, -0.1) is 0 Å². The molecular formula is C11H17N3O3. The second kappa shape index (κ2) is 3.80. The summed E-state index contributed by atoms with van der Waals surface area (Å²) in [4.78, 5) is 35.8. The van der Waals surface area contributed by atoms with Gasteiger partial charge >= 0.3 is 0 Å². The molecule has 6 nitrogen and oxygen atoms in total. The molecule has 6 heteroatoms. The first kappa shape index (κ1) is 12.0. The van der Waals surface area contributed by atoms with Gasteiger partial charge in [-0.1, -0.05) is 13.8 Å². The molecular weight excluding hydrogens is 222 g/mol. The Labute approximate surface area is 99.3 Å². The second-order valence-electron chi connectivity index (χ2n) is 5.09. The van der Waals surface area contributed by atoms with E-state index in [1.54, 1.807) is 0 Å². The van der Waals surface area contributed by atoms with E-state index >= 15 is 0 Å². The topological polar surface area (TPSA) is 101 Å². The van der Waals surface area contributed by atoms with Crippen LogP contribution in [0, 0.1) is 11.8 Å². The van der Waals surface area contributed by atoms with Crippen LogP contribution >= 0.6 is 0 Å². The van der Waals surface area contributed by atoms with Gasteiger partial charge in [-0.25, -0.2) is 0 Å². The lowest BCUT2D eigenvalue weighted by molar-refractivity contribution is -0.133. The summed E-state index contributed by atoms with van der Waals surface area (Å²) in [6.07, 6.45) is 0.177. The Morgan fingerprint density at radius 3 is 2.47 bits per heavy atom. The van der Waals surface area contributed by atoms with E-state index in [4.69, 9.17) is 5.73 Å². The van der Waals surface area contributed by atoms with Crippen LogP contribution in [0.4, 0.5) is 0 Å². The first-order valence-corrected chi connectivity index (χ1v) is 5.79. The van der Waals surface area contributed by atoms with Crippen molar-refractivity contribution in [3.8, 4) is 0 Å². The number of Topliss-reactive ketones (excluding diaryl/α,β-unsaturated/α-hetero) is 1. The number of hydrogen-bond donors (Lipinski definition) is 3. The summed E-state index contributed by atoms with van der Waals surface area (Å²) >= 11 is 0. The van der Waals surface area contributed by atoms with Crippen LogP contribution in [-0.4, -0.2) is 35.7 Å². The lowest BCUT2D eigenvalue weighted by atomic mass is 9.86. The average molecular weight is 239 g/mol. The van der Waals surface area contributed by atoms with Crippen molar-refractivity contribution >= 4 is 17.6 Å².